The van der Waals surface area contributed by atoms with E-state index >= 15 is 0 Å². The van der Waals surface area contributed by atoms with E-state index in [1.165, 1.54) is 18.0 Å². The Labute approximate surface area is 189 Å². The number of amidine groups is 1. The smallest absolute Gasteiger partial charge is 0.173 e. The van der Waals surface area contributed by atoms with E-state index in [-0.39, 0.29) is 24.0 Å². The van der Waals surface area contributed by atoms with Gasteiger partial charge in [-0.05, 0) is 39.3 Å². The minimum absolute atomic E-state index is 0.0767. The lowest BCUT2D eigenvalue weighted by molar-refractivity contribution is 0.393. The van der Waals surface area contributed by atoms with E-state index in [1.54, 1.807) is 19.2 Å². The number of nitrogens with zero attached hydrogens (tertiary/aromatic N) is 4. The topological polar surface area (TPSA) is 133 Å². The minimum atomic E-state index is -0.364. The summed E-state index contributed by atoms with van der Waals surface area (Å²) in [7, 11) is 0.500. The molecule has 0 aromatic carbocycles. The molecule has 0 fully saturated rings. The lowest BCUT2D eigenvalue weighted by Gasteiger charge is -2.19. The average Bonchev–Trinajstić information content (AvgIpc) is 3.15. The van der Waals surface area contributed by atoms with Crippen LogP contribution in [0.15, 0.2) is 46.4 Å². The van der Waals surface area contributed by atoms with E-state index in [4.69, 9.17) is 21.9 Å². The lowest BCUT2D eigenvalue weighted by atomic mass is 10.0. The monoisotopic (exact) mass is 453 g/mol. The summed E-state index contributed by atoms with van der Waals surface area (Å²) in [5.41, 5.74) is 8.63. The van der Waals surface area contributed by atoms with Gasteiger partial charge >= 0.3 is 0 Å². The van der Waals surface area contributed by atoms with Gasteiger partial charge < -0.3 is 16.1 Å². The molecule has 0 saturated carbocycles. The highest BCUT2D eigenvalue weighted by Crippen LogP contribution is 2.28. The SMILES string of the molecule is C/C(F)=C\CN(N)/C(=N\N)c1cc(-c2c(C)noc2C)cnc1N.C=CCC.CC.CF. The van der Waals surface area contributed by atoms with Gasteiger partial charge in [0.25, 0.3) is 0 Å². The first-order chi connectivity index (χ1) is 15.3. The van der Waals surface area contributed by atoms with Gasteiger partial charge in [0.2, 0.25) is 0 Å². The molecule has 2 rings (SSSR count). The van der Waals surface area contributed by atoms with Crippen molar-refractivity contribution in [2.75, 3.05) is 19.5 Å². The molecule has 0 amide bonds. The van der Waals surface area contributed by atoms with Crippen LogP contribution in [-0.4, -0.2) is 34.7 Å². The largest absolute Gasteiger partial charge is 0.383 e. The Bertz CT molecular complexity index is 840. The molecule has 0 radical (unpaired) electrons. The molecule has 32 heavy (non-hydrogen) atoms. The molecule has 8 nitrogen and oxygen atoms in total. The molecule has 0 aliphatic carbocycles. The first kappa shape index (κ1) is 30.9. The molecule has 2 aromatic heterocycles. The second-order valence-electron chi connectivity index (χ2n) is 5.95. The van der Waals surface area contributed by atoms with Crippen LogP contribution in [0.2, 0.25) is 0 Å². The van der Waals surface area contributed by atoms with Crippen LogP contribution in [0.4, 0.5) is 14.6 Å². The maximum Gasteiger partial charge on any atom is 0.173 e. The van der Waals surface area contributed by atoms with Crippen molar-refractivity contribution in [1.82, 2.24) is 15.1 Å². The Morgan fingerprint density at radius 1 is 1.31 bits per heavy atom. The zero-order chi connectivity index (χ0) is 25.3. The predicted molar refractivity (Wildman–Crippen MR) is 129 cm³/mol. The maximum absolute atomic E-state index is 12.9. The summed E-state index contributed by atoms with van der Waals surface area (Å²) in [6.45, 7) is 14.6. The number of allylic oxidation sites excluding steroid dienone is 2. The summed E-state index contributed by atoms with van der Waals surface area (Å²) >= 11 is 0. The highest BCUT2D eigenvalue weighted by molar-refractivity contribution is 6.03. The van der Waals surface area contributed by atoms with Gasteiger partial charge in [-0.1, -0.05) is 32.0 Å². The van der Waals surface area contributed by atoms with Crippen LogP contribution in [0, 0.1) is 13.8 Å². The van der Waals surface area contributed by atoms with Gasteiger partial charge in [0, 0.05) is 17.3 Å². The second kappa shape index (κ2) is 17.4. The Hall–Kier alpha value is -3.27. The average molecular weight is 454 g/mol. The minimum Gasteiger partial charge on any atom is -0.383 e. The van der Waals surface area contributed by atoms with Crippen molar-refractivity contribution in [3.05, 3.63) is 53.8 Å². The Morgan fingerprint density at radius 2 is 1.88 bits per heavy atom. The Balaban J connectivity index is 0. The third-order valence-corrected chi connectivity index (χ3v) is 3.73. The fourth-order valence-electron chi connectivity index (χ4n) is 2.30. The summed E-state index contributed by atoms with van der Waals surface area (Å²) in [6, 6.07) is 1.74. The van der Waals surface area contributed by atoms with Crippen molar-refractivity contribution < 1.29 is 13.3 Å². The van der Waals surface area contributed by atoms with Crippen LogP contribution in [0.5, 0.6) is 0 Å². The molecule has 0 spiro atoms. The number of hydrogen-bond donors (Lipinski definition) is 3. The molecular formula is C22H37F2N7O. The Morgan fingerprint density at radius 3 is 2.28 bits per heavy atom. The number of anilines is 1. The predicted octanol–water partition coefficient (Wildman–Crippen LogP) is 4.80. The van der Waals surface area contributed by atoms with Crippen molar-refractivity contribution >= 4 is 11.7 Å². The number of rotatable bonds is 5. The number of aromatic nitrogens is 2. The molecule has 180 valence electrons. The van der Waals surface area contributed by atoms with Crippen molar-refractivity contribution in [3.63, 3.8) is 0 Å². The number of alkyl halides is 1. The second-order valence-corrected chi connectivity index (χ2v) is 5.95. The number of halogens is 2. The summed E-state index contributed by atoms with van der Waals surface area (Å²) in [5.74, 6) is 12.0. The van der Waals surface area contributed by atoms with E-state index in [1.807, 2.05) is 26.8 Å². The number of hydrazone groups is 1. The van der Waals surface area contributed by atoms with Gasteiger partial charge in [-0.15, -0.1) is 6.58 Å². The van der Waals surface area contributed by atoms with Gasteiger partial charge in [-0.25, -0.2) is 15.2 Å². The molecule has 0 aliphatic rings. The molecule has 0 unspecified atom stereocenters. The van der Waals surface area contributed by atoms with Gasteiger partial charge in [0.1, 0.15) is 11.6 Å². The standard InChI is InChI=1S/C15H20FN7O.C4H8.C2H6.CH3F/c1-8(16)4-5-23(19)15(21-18)12-6-11(7-20-14(12)17)13-9(2)22-24-10(13)3;1-3-4-2;2*1-2/h4,6-7H,5,18-19H2,1-3H3,(H2,17,20);3H,1,4H2,2H3;1-2H3;1H3/b8-4+,21-15-;;;. The van der Waals surface area contributed by atoms with Gasteiger partial charge in [0.15, 0.2) is 5.84 Å². The number of nitrogens with two attached hydrogens (primary N) is 3. The summed E-state index contributed by atoms with van der Waals surface area (Å²) < 4.78 is 27.6. The van der Waals surface area contributed by atoms with E-state index in [0.29, 0.717) is 18.5 Å². The van der Waals surface area contributed by atoms with E-state index in [2.05, 4.69) is 28.7 Å². The van der Waals surface area contributed by atoms with Crippen LogP contribution in [0.25, 0.3) is 11.1 Å². The first-order valence-electron chi connectivity index (χ1n) is 10.1. The Kier molecular flexibility index (Phi) is 16.8. The van der Waals surface area contributed by atoms with Crippen molar-refractivity contribution in [3.8, 4) is 11.1 Å². The quantitative estimate of drug-likeness (QED) is 0.195. The molecule has 0 saturated heterocycles. The van der Waals surface area contributed by atoms with E-state index < -0.39 is 0 Å². The number of hydrazine groups is 1. The molecule has 0 aliphatic heterocycles. The van der Waals surface area contributed by atoms with Gasteiger partial charge in [0.05, 0.1) is 30.8 Å². The normalized spacial score (nSPS) is 10.6. The van der Waals surface area contributed by atoms with E-state index in [9.17, 15) is 8.78 Å². The molecule has 10 heteroatoms. The summed E-state index contributed by atoms with van der Waals surface area (Å²) in [4.78, 5) is 4.16. The fourth-order valence-corrected chi connectivity index (χ4v) is 2.30. The molecule has 0 atom stereocenters. The summed E-state index contributed by atoms with van der Waals surface area (Å²) in [5, 5.41) is 8.78. The van der Waals surface area contributed by atoms with Gasteiger partial charge in [-0.2, -0.15) is 5.10 Å². The molecule has 2 aromatic rings. The van der Waals surface area contributed by atoms with Crippen LogP contribution in [0.1, 0.15) is 51.1 Å². The van der Waals surface area contributed by atoms with Crippen molar-refractivity contribution in [1.29, 1.82) is 0 Å². The summed E-state index contributed by atoms with van der Waals surface area (Å²) in [6.07, 6.45) is 5.86. The third kappa shape index (κ3) is 9.69. The third-order valence-electron chi connectivity index (χ3n) is 3.73. The van der Waals surface area contributed by atoms with Gasteiger partial charge in [-0.3, -0.25) is 9.40 Å². The van der Waals surface area contributed by atoms with Crippen LogP contribution < -0.4 is 17.4 Å². The molecule has 2 heterocycles. The lowest BCUT2D eigenvalue weighted by Crippen LogP contribution is -2.39. The number of nitrogen functional groups attached to an aromatic ring is 1. The number of aryl methyl sites for hydroxylation is 2. The fraction of sp³-hybridized carbons (Fsp3) is 0.409. The highest BCUT2D eigenvalue weighted by atomic mass is 19.1. The number of hydrogen-bond acceptors (Lipinski definition) is 7. The highest BCUT2D eigenvalue weighted by Gasteiger charge is 2.18. The molecule has 0 bridgehead atoms. The molecule has 6 N–H and O–H groups in total. The van der Waals surface area contributed by atoms with E-state index in [0.717, 1.165) is 23.2 Å². The van der Waals surface area contributed by atoms with Crippen LogP contribution >= 0.6 is 0 Å². The zero-order valence-corrected chi connectivity index (χ0v) is 20.1. The van der Waals surface area contributed by atoms with Crippen LogP contribution in [0.3, 0.4) is 0 Å². The first-order valence-corrected chi connectivity index (χ1v) is 10.1. The van der Waals surface area contributed by atoms with Crippen molar-refractivity contribution in [2.45, 2.75) is 48.0 Å². The number of pyridine rings is 1. The van der Waals surface area contributed by atoms with Crippen LogP contribution in [-0.2, 0) is 0 Å². The van der Waals surface area contributed by atoms with Crippen molar-refractivity contribution in [2.24, 2.45) is 16.8 Å². The maximum atomic E-state index is 12.9. The molecular weight excluding hydrogens is 416 g/mol. The zero-order valence-electron chi connectivity index (χ0n) is 20.1.